The highest BCUT2D eigenvalue weighted by Crippen LogP contribution is 2.66. The van der Waals surface area contributed by atoms with Crippen LogP contribution in [0.15, 0.2) is 21.4 Å². The van der Waals surface area contributed by atoms with Crippen molar-refractivity contribution < 1.29 is 61.4 Å². The lowest BCUT2D eigenvalue weighted by atomic mass is 10.1. The van der Waals surface area contributed by atoms with Gasteiger partial charge in [0.05, 0.1) is 12.2 Å². The van der Waals surface area contributed by atoms with Crippen molar-refractivity contribution in [3.63, 3.8) is 0 Å². The van der Waals surface area contributed by atoms with Crippen LogP contribution in [0.25, 0.3) is 6.08 Å². The maximum absolute atomic E-state index is 12.4. The molecular weight excluding hydrogens is 577 g/mol. The highest BCUT2D eigenvalue weighted by atomic mass is 31.3. The molecular formula is C18H27N2O15P3. The van der Waals surface area contributed by atoms with E-state index in [0.29, 0.717) is 12.8 Å². The van der Waals surface area contributed by atoms with Gasteiger partial charge in [-0.3, -0.25) is 18.9 Å². The van der Waals surface area contributed by atoms with E-state index in [9.17, 15) is 43.3 Å². The average Bonchev–Trinajstić information content (AvgIpc) is 3.03. The molecule has 2 rings (SSSR count). The van der Waals surface area contributed by atoms with E-state index in [4.69, 9.17) is 20.9 Å². The van der Waals surface area contributed by atoms with E-state index in [1.807, 2.05) is 0 Å². The van der Waals surface area contributed by atoms with Crippen LogP contribution in [-0.2, 0) is 31.6 Å². The molecule has 0 amide bonds. The number of allylic oxidation sites excluding steroid dienone is 1. The molecule has 1 fully saturated rings. The Hall–Kier alpha value is -1.73. The molecule has 38 heavy (non-hydrogen) atoms. The number of nitrogens with zero attached hydrogens (tertiary/aromatic N) is 1. The summed E-state index contributed by atoms with van der Waals surface area (Å²) in [5.41, 5.74) is -0.921. The number of hydrogen-bond donors (Lipinski definition) is 7. The molecule has 0 bridgehead atoms. The molecule has 0 spiro atoms. The van der Waals surface area contributed by atoms with Crippen LogP contribution in [-0.4, -0.2) is 64.3 Å². The van der Waals surface area contributed by atoms with Crippen LogP contribution in [0.4, 0.5) is 0 Å². The van der Waals surface area contributed by atoms with Gasteiger partial charge in [-0.2, -0.15) is 8.62 Å². The van der Waals surface area contributed by atoms with E-state index in [1.165, 1.54) is 6.08 Å². The maximum Gasteiger partial charge on any atom is 0.490 e. The summed E-state index contributed by atoms with van der Waals surface area (Å²) in [7, 11) is -16.9. The number of unbranched alkanes of at least 4 members (excludes halogenated alkanes) is 2. The largest absolute Gasteiger partial charge is 0.490 e. The number of phosphoric ester groups is 1. The minimum Gasteiger partial charge on any atom is -0.387 e. The Balaban J connectivity index is 2.16. The first-order valence-corrected chi connectivity index (χ1v) is 15.2. The van der Waals surface area contributed by atoms with Crippen molar-refractivity contribution in [3.8, 4) is 12.3 Å². The highest BCUT2D eigenvalue weighted by Gasteiger charge is 2.46. The van der Waals surface area contributed by atoms with Gasteiger partial charge in [0.2, 0.25) is 0 Å². The maximum atomic E-state index is 12.4. The molecule has 0 aromatic carbocycles. The molecule has 1 aliphatic rings. The van der Waals surface area contributed by atoms with Crippen molar-refractivity contribution in [1.29, 1.82) is 0 Å². The second-order valence-electron chi connectivity index (χ2n) is 8.09. The number of terminal acetylenes is 1. The summed E-state index contributed by atoms with van der Waals surface area (Å²) in [6.45, 7) is 0.689. The van der Waals surface area contributed by atoms with Gasteiger partial charge in [0.1, 0.15) is 18.3 Å². The standard InChI is InChI=1S/C18H27N2O15P3/c1-3-4-5-6-7-11(2)8-12-9-20(18(24)19-16(12)23)17-15(22)14(21)13(33-17)10-32-37(28,29)35-38(30,31)34-36(25,26)27/h1,8-9,13-15,17,21-22H,4-7,10H2,2H3,(H,28,29)(H,30,31)(H,19,23,24)(H2,25,26,27)/b11-8+/t13-,14?,15?,17-/m1/s1. The number of nitrogens with one attached hydrogen (secondary N) is 1. The Morgan fingerprint density at radius 2 is 1.79 bits per heavy atom. The normalized spacial score (nSPS) is 25.5. The second kappa shape index (κ2) is 13.1. The van der Waals surface area contributed by atoms with Gasteiger partial charge in [0.15, 0.2) is 6.23 Å². The Morgan fingerprint density at radius 1 is 1.13 bits per heavy atom. The number of H-pyrrole nitrogens is 1. The predicted molar refractivity (Wildman–Crippen MR) is 128 cm³/mol. The summed E-state index contributed by atoms with van der Waals surface area (Å²) >= 11 is 0. The summed E-state index contributed by atoms with van der Waals surface area (Å²) in [6, 6.07) is 0. The first-order chi connectivity index (χ1) is 17.4. The molecule has 6 atom stereocenters. The van der Waals surface area contributed by atoms with Crippen molar-refractivity contribution in [2.45, 2.75) is 57.1 Å². The van der Waals surface area contributed by atoms with Crippen LogP contribution in [0.1, 0.15) is 44.4 Å². The van der Waals surface area contributed by atoms with Crippen LogP contribution in [0.2, 0.25) is 0 Å². The number of rotatable bonds is 13. The summed E-state index contributed by atoms with van der Waals surface area (Å²) in [4.78, 5) is 62.5. The zero-order valence-corrected chi connectivity index (χ0v) is 22.4. The zero-order valence-electron chi connectivity index (χ0n) is 19.7. The van der Waals surface area contributed by atoms with Gasteiger partial charge >= 0.3 is 29.2 Å². The van der Waals surface area contributed by atoms with Gasteiger partial charge in [-0.05, 0) is 32.3 Å². The van der Waals surface area contributed by atoms with E-state index in [0.717, 1.165) is 29.2 Å². The van der Waals surface area contributed by atoms with Gasteiger partial charge < -0.3 is 34.5 Å². The Labute approximate surface area is 215 Å². The Kier molecular flexibility index (Phi) is 11.2. The fourth-order valence-corrected chi connectivity index (χ4v) is 6.36. The fraction of sp³-hybridized carbons (Fsp3) is 0.556. The second-order valence-corrected chi connectivity index (χ2v) is 12.5. The smallest absolute Gasteiger partial charge is 0.387 e. The minimum absolute atomic E-state index is 0.0288. The zero-order chi connectivity index (χ0) is 28.9. The molecule has 7 N–H and O–H groups in total. The van der Waals surface area contributed by atoms with E-state index >= 15 is 0 Å². The molecule has 4 unspecified atom stereocenters. The van der Waals surface area contributed by atoms with Crippen LogP contribution in [0.3, 0.4) is 0 Å². The van der Waals surface area contributed by atoms with Crippen molar-refractivity contribution >= 4 is 29.5 Å². The van der Waals surface area contributed by atoms with E-state index in [2.05, 4.69) is 24.0 Å². The van der Waals surface area contributed by atoms with Crippen molar-refractivity contribution in [2.75, 3.05) is 6.61 Å². The lowest BCUT2D eigenvalue weighted by Crippen LogP contribution is -2.38. The monoisotopic (exact) mass is 604 g/mol. The van der Waals surface area contributed by atoms with E-state index < -0.39 is 65.9 Å². The van der Waals surface area contributed by atoms with E-state index in [-0.39, 0.29) is 5.56 Å². The topological polar surface area (TPSA) is 264 Å². The van der Waals surface area contributed by atoms with Crippen LogP contribution < -0.4 is 11.2 Å². The predicted octanol–water partition coefficient (Wildman–Crippen LogP) is 0.0960. The summed E-state index contributed by atoms with van der Waals surface area (Å²) < 4.78 is 51.7. The first kappa shape index (κ1) is 32.5. The molecule has 214 valence electrons. The molecule has 2 heterocycles. The third kappa shape index (κ3) is 9.78. The third-order valence-corrected chi connectivity index (χ3v) is 8.77. The fourth-order valence-electron chi connectivity index (χ4n) is 3.33. The van der Waals surface area contributed by atoms with Gasteiger partial charge in [-0.15, -0.1) is 12.3 Å². The SMILES string of the molecule is C#CCCCC/C(C)=C/c1cn([C@@H]2O[C@H](COP(=O)(O)OP(=O)(O)OP(=O)(O)O)C(O)C2O)c(=O)[nH]c1=O. The quantitative estimate of drug-likeness (QED) is 0.0894. The molecule has 1 aromatic heterocycles. The molecule has 0 aliphatic carbocycles. The van der Waals surface area contributed by atoms with Gasteiger partial charge in [-0.25, -0.2) is 18.5 Å². The van der Waals surface area contributed by atoms with Crippen LogP contribution in [0, 0.1) is 12.3 Å². The minimum atomic E-state index is -5.77. The number of aliphatic hydroxyl groups is 2. The Bertz CT molecular complexity index is 1330. The molecule has 1 aliphatic heterocycles. The molecule has 1 saturated heterocycles. The molecule has 1 aromatic rings. The number of aromatic nitrogens is 2. The number of ether oxygens (including phenoxy) is 1. The third-order valence-electron chi connectivity index (χ3n) is 4.97. The molecule has 17 nitrogen and oxygen atoms in total. The van der Waals surface area contributed by atoms with Gasteiger partial charge in [0, 0.05) is 12.6 Å². The number of hydrogen-bond acceptors (Lipinski definition) is 11. The lowest BCUT2D eigenvalue weighted by Gasteiger charge is -2.19. The van der Waals surface area contributed by atoms with Gasteiger partial charge in [0.25, 0.3) is 5.56 Å². The first-order valence-electron chi connectivity index (χ1n) is 10.7. The van der Waals surface area contributed by atoms with Crippen molar-refractivity contribution in [3.05, 3.63) is 38.2 Å². The van der Waals surface area contributed by atoms with Gasteiger partial charge in [-0.1, -0.05) is 5.57 Å². The van der Waals surface area contributed by atoms with Crippen molar-refractivity contribution in [2.24, 2.45) is 0 Å². The number of phosphoric acid groups is 3. The summed E-state index contributed by atoms with van der Waals surface area (Å²) in [6.07, 6.45) is 3.69. The number of aliphatic hydroxyl groups excluding tert-OH is 2. The Morgan fingerprint density at radius 3 is 2.39 bits per heavy atom. The highest BCUT2D eigenvalue weighted by molar-refractivity contribution is 7.66. The summed E-state index contributed by atoms with van der Waals surface area (Å²) in [5.74, 6) is 2.52. The summed E-state index contributed by atoms with van der Waals surface area (Å²) in [5, 5.41) is 20.7. The van der Waals surface area contributed by atoms with Crippen LogP contribution in [0.5, 0.6) is 0 Å². The molecule has 0 radical (unpaired) electrons. The molecule has 0 saturated carbocycles. The average molecular weight is 604 g/mol. The van der Waals surface area contributed by atoms with Crippen LogP contribution >= 0.6 is 23.5 Å². The number of aromatic amines is 1. The lowest BCUT2D eigenvalue weighted by molar-refractivity contribution is -0.0542. The van der Waals surface area contributed by atoms with Crippen molar-refractivity contribution in [1.82, 2.24) is 9.55 Å². The van der Waals surface area contributed by atoms with E-state index in [1.54, 1.807) is 6.92 Å². The molecule has 20 heteroatoms.